The molecule has 2 heterocycles. The van der Waals surface area contributed by atoms with Gasteiger partial charge in [-0.3, -0.25) is 9.69 Å². The number of fused-ring (bicyclic) bond motifs is 1. The smallest absolute Gasteiger partial charge is 0.225 e. The van der Waals surface area contributed by atoms with Crippen LogP contribution in [-0.4, -0.2) is 49.0 Å². The fourth-order valence-corrected chi connectivity index (χ4v) is 5.25. The third-order valence-corrected chi connectivity index (χ3v) is 6.85. The second-order valence-corrected chi connectivity index (χ2v) is 8.57. The van der Waals surface area contributed by atoms with E-state index in [4.69, 9.17) is 4.74 Å². The Bertz CT molecular complexity index is 658. The third-order valence-electron chi connectivity index (χ3n) is 6.85. The van der Waals surface area contributed by atoms with E-state index < -0.39 is 0 Å². The molecule has 5 heteroatoms. The number of rotatable bonds is 4. The maximum absolute atomic E-state index is 13.9. The van der Waals surface area contributed by atoms with E-state index in [1.807, 2.05) is 6.07 Å². The molecule has 3 fully saturated rings. The van der Waals surface area contributed by atoms with Crippen molar-refractivity contribution in [3.05, 3.63) is 29.6 Å². The third kappa shape index (κ3) is 4.13. The Hall–Kier alpha value is -1.62. The molecule has 0 bridgehead atoms. The number of amides is 1. The van der Waals surface area contributed by atoms with Crippen LogP contribution in [0.1, 0.15) is 44.1 Å². The minimum Gasteiger partial charge on any atom is -0.494 e. The van der Waals surface area contributed by atoms with Crippen LogP contribution in [0.2, 0.25) is 0 Å². The number of ether oxygens (including phenoxy) is 1. The summed E-state index contributed by atoms with van der Waals surface area (Å²) in [5.74, 6) is 2.05. The molecular weight excluding hydrogens is 343 g/mol. The monoisotopic (exact) mass is 374 g/mol. The van der Waals surface area contributed by atoms with E-state index in [2.05, 4.69) is 9.80 Å². The lowest BCUT2D eigenvalue weighted by Crippen LogP contribution is -2.41. The first kappa shape index (κ1) is 18.7. The first-order valence-corrected chi connectivity index (χ1v) is 10.5. The van der Waals surface area contributed by atoms with Gasteiger partial charge in [0.25, 0.3) is 0 Å². The molecule has 0 radical (unpaired) electrons. The van der Waals surface area contributed by atoms with E-state index in [0.717, 1.165) is 63.0 Å². The van der Waals surface area contributed by atoms with Crippen LogP contribution in [0.5, 0.6) is 5.75 Å². The Labute approximate surface area is 161 Å². The van der Waals surface area contributed by atoms with E-state index in [1.54, 1.807) is 12.1 Å². The van der Waals surface area contributed by atoms with Crippen molar-refractivity contribution in [2.45, 2.75) is 45.1 Å². The maximum atomic E-state index is 13.9. The number of benzene rings is 1. The van der Waals surface area contributed by atoms with Gasteiger partial charge < -0.3 is 9.64 Å². The molecule has 1 saturated carbocycles. The number of nitrogens with zero attached hydrogens (tertiary/aromatic N) is 2. The molecule has 148 valence electrons. The lowest BCUT2D eigenvalue weighted by atomic mass is 9.82. The number of methoxy groups -OCH3 is 1. The van der Waals surface area contributed by atoms with Crippen molar-refractivity contribution < 1.29 is 13.9 Å². The molecule has 2 aliphatic heterocycles. The fraction of sp³-hybridized carbons (Fsp3) is 0.682. The molecule has 0 spiro atoms. The van der Waals surface area contributed by atoms with Gasteiger partial charge in [0.1, 0.15) is 0 Å². The molecule has 4 nitrogen and oxygen atoms in total. The molecule has 27 heavy (non-hydrogen) atoms. The van der Waals surface area contributed by atoms with Crippen molar-refractivity contribution in [2.24, 2.45) is 17.8 Å². The lowest BCUT2D eigenvalue weighted by Gasteiger charge is -2.33. The number of likely N-dealkylation sites (tertiary alicyclic amines) is 2. The van der Waals surface area contributed by atoms with Crippen molar-refractivity contribution in [3.63, 3.8) is 0 Å². The molecule has 0 N–H and O–H groups in total. The quantitative estimate of drug-likeness (QED) is 0.806. The summed E-state index contributed by atoms with van der Waals surface area (Å²) >= 11 is 0. The van der Waals surface area contributed by atoms with Crippen LogP contribution in [0.4, 0.5) is 4.39 Å². The number of hydrogen-bond donors (Lipinski definition) is 0. The second kappa shape index (κ2) is 8.17. The normalized spacial score (nSPS) is 26.8. The predicted octanol–water partition coefficient (Wildman–Crippen LogP) is 3.69. The van der Waals surface area contributed by atoms with E-state index in [0.29, 0.717) is 5.91 Å². The van der Waals surface area contributed by atoms with Gasteiger partial charge in [0.2, 0.25) is 5.91 Å². The molecule has 2 atom stereocenters. The zero-order valence-corrected chi connectivity index (χ0v) is 16.3. The Morgan fingerprint density at radius 3 is 2.37 bits per heavy atom. The zero-order valence-electron chi connectivity index (χ0n) is 16.3. The van der Waals surface area contributed by atoms with Gasteiger partial charge in [-0.05, 0) is 68.3 Å². The summed E-state index contributed by atoms with van der Waals surface area (Å²) in [4.78, 5) is 17.5. The van der Waals surface area contributed by atoms with Crippen molar-refractivity contribution >= 4 is 5.91 Å². The molecule has 2 unspecified atom stereocenters. The minimum atomic E-state index is -0.310. The highest BCUT2D eigenvalue weighted by Gasteiger charge is 2.38. The molecule has 1 aliphatic carbocycles. The summed E-state index contributed by atoms with van der Waals surface area (Å²) < 4.78 is 18.9. The van der Waals surface area contributed by atoms with Gasteiger partial charge >= 0.3 is 0 Å². The highest BCUT2D eigenvalue weighted by Crippen LogP contribution is 2.37. The highest BCUT2D eigenvalue weighted by atomic mass is 19.1. The molecule has 1 aromatic carbocycles. The number of carbonyl (C=O) groups is 1. The van der Waals surface area contributed by atoms with Crippen LogP contribution in [0.15, 0.2) is 18.2 Å². The van der Waals surface area contributed by atoms with Crippen LogP contribution in [0, 0.1) is 23.6 Å². The van der Waals surface area contributed by atoms with Crippen molar-refractivity contribution in [1.29, 1.82) is 0 Å². The number of carbonyl (C=O) groups excluding carboxylic acids is 1. The van der Waals surface area contributed by atoms with Crippen LogP contribution >= 0.6 is 0 Å². The van der Waals surface area contributed by atoms with Crippen LogP contribution in [-0.2, 0) is 11.3 Å². The molecule has 1 aromatic rings. The molecule has 1 amide bonds. The Morgan fingerprint density at radius 1 is 1.11 bits per heavy atom. The van der Waals surface area contributed by atoms with E-state index in [1.165, 1.54) is 32.8 Å². The van der Waals surface area contributed by atoms with Crippen molar-refractivity contribution in [2.75, 3.05) is 33.3 Å². The van der Waals surface area contributed by atoms with Gasteiger partial charge in [-0.15, -0.1) is 0 Å². The summed E-state index contributed by atoms with van der Waals surface area (Å²) in [7, 11) is 1.48. The Morgan fingerprint density at radius 2 is 1.78 bits per heavy atom. The topological polar surface area (TPSA) is 32.8 Å². The van der Waals surface area contributed by atoms with Gasteiger partial charge in [0.15, 0.2) is 11.6 Å². The summed E-state index contributed by atoms with van der Waals surface area (Å²) in [6.07, 6.45) is 7.14. The molecule has 0 aromatic heterocycles. The second-order valence-electron chi connectivity index (χ2n) is 8.57. The van der Waals surface area contributed by atoms with Crippen molar-refractivity contribution in [1.82, 2.24) is 9.80 Å². The van der Waals surface area contributed by atoms with Crippen LogP contribution in [0.3, 0.4) is 0 Å². The molecular formula is C22H31FN2O2. The zero-order chi connectivity index (χ0) is 18.8. The SMILES string of the molecule is COc1ccc(CN2CCC(C(=O)N3CC4CCCCC4C3)CC2)cc1F. The maximum Gasteiger partial charge on any atom is 0.225 e. The van der Waals surface area contributed by atoms with Gasteiger partial charge in [-0.1, -0.05) is 18.9 Å². The molecule has 2 saturated heterocycles. The Kier molecular flexibility index (Phi) is 5.67. The average Bonchev–Trinajstić information content (AvgIpc) is 3.12. The Balaban J connectivity index is 1.27. The molecule has 4 rings (SSSR count). The average molecular weight is 375 g/mol. The van der Waals surface area contributed by atoms with Gasteiger partial charge in [-0.25, -0.2) is 4.39 Å². The predicted molar refractivity (Wildman–Crippen MR) is 103 cm³/mol. The minimum absolute atomic E-state index is 0.175. The standard InChI is InChI=1S/C22H31FN2O2/c1-27-21-7-6-16(12-20(21)23)13-24-10-8-17(9-11-24)22(26)25-14-18-4-2-3-5-19(18)15-25/h6-7,12,17-19H,2-5,8-11,13-15H2,1H3. The summed E-state index contributed by atoms with van der Waals surface area (Å²) in [6, 6.07) is 5.17. The summed E-state index contributed by atoms with van der Waals surface area (Å²) in [5, 5.41) is 0. The lowest BCUT2D eigenvalue weighted by molar-refractivity contribution is -0.136. The van der Waals surface area contributed by atoms with E-state index in [-0.39, 0.29) is 17.5 Å². The number of piperidine rings is 1. The first-order chi connectivity index (χ1) is 13.1. The first-order valence-electron chi connectivity index (χ1n) is 10.5. The summed E-state index contributed by atoms with van der Waals surface area (Å²) in [5.41, 5.74) is 0.960. The largest absolute Gasteiger partial charge is 0.494 e. The van der Waals surface area contributed by atoms with E-state index >= 15 is 0 Å². The number of halogens is 1. The van der Waals surface area contributed by atoms with E-state index in [9.17, 15) is 9.18 Å². The van der Waals surface area contributed by atoms with Crippen molar-refractivity contribution in [3.8, 4) is 5.75 Å². The van der Waals surface area contributed by atoms with Crippen LogP contribution < -0.4 is 4.74 Å². The fourth-order valence-electron chi connectivity index (χ4n) is 5.25. The van der Waals surface area contributed by atoms with Gasteiger partial charge in [0, 0.05) is 25.6 Å². The molecule has 3 aliphatic rings. The summed E-state index contributed by atoms with van der Waals surface area (Å²) in [6.45, 7) is 4.54. The van der Waals surface area contributed by atoms with Gasteiger partial charge in [-0.2, -0.15) is 0 Å². The number of hydrogen-bond acceptors (Lipinski definition) is 3. The van der Waals surface area contributed by atoms with Gasteiger partial charge in [0.05, 0.1) is 7.11 Å². The van der Waals surface area contributed by atoms with Crippen LogP contribution in [0.25, 0.3) is 0 Å². The highest BCUT2D eigenvalue weighted by molar-refractivity contribution is 5.79.